The minimum Gasteiger partial charge on any atom is -0.478 e. The lowest BCUT2D eigenvalue weighted by atomic mass is 9.72. The number of benzene rings is 3. The summed E-state index contributed by atoms with van der Waals surface area (Å²) in [7, 11) is 0. The van der Waals surface area contributed by atoms with Gasteiger partial charge < -0.3 is 5.11 Å². The number of allylic oxidation sites excluding steroid dienone is 1. The second kappa shape index (κ2) is 7.97. The van der Waals surface area contributed by atoms with Crippen molar-refractivity contribution >= 4 is 35.3 Å². The van der Waals surface area contributed by atoms with Crippen LogP contribution < -0.4 is 0 Å². The molecule has 0 fully saturated rings. The molecule has 0 radical (unpaired) electrons. The number of carboxylic acid groups (broad SMARTS) is 1. The molecule has 3 aromatic rings. The zero-order chi connectivity index (χ0) is 21.3. The number of rotatable bonds is 4. The molecule has 0 spiro atoms. The highest BCUT2D eigenvalue weighted by atomic mass is 35.5. The Morgan fingerprint density at radius 2 is 1.77 bits per heavy atom. The Morgan fingerprint density at radius 3 is 2.47 bits per heavy atom. The molecule has 1 aliphatic carbocycles. The Labute approximate surface area is 182 Å². The van der Waals surface area contributed by atoms with E-state index in [1.54, 1.807) is 12.1 Å². The zero-order valence-electron chi connectivity index (χ0n) is 17.0. The average molecular weight is 415 g/mol. The zero-order valence-corrected chi connectivity index (χ0v) is 17.8. The molecule has 0 aliphatic heterocycles. The van der Waals surface area contributed by atoms with E-state index in [2.05, 4.69) is 62.4 Å². The van der Waals surface area contributed by atoms with Gasteiger partial charge in [-0.3, -0.25) is 0 Å². The van der Waals surface area contributed by atoms with Crippen LogP contribution in [0.5, 0.6) is 0 Å². The summed E-state index contributed by atoms with van der Waals surface area (Å²) >= 11 is 6.27. The average Bonchev–Trinajstić information content (AvgIpc) is 2.73. The summed E-state index contributed by atoms with van der Waals surface area (Å²) in [4.78, 5) is 11.1. The van der Waals surface area contributed by atoms with Gasteiger partial charge in [0, 0.05) is 5.02 Å². The van der Waals surface area contributed by atoms with Gasteiger partial charge in [-0.1, -0.05) is 92.2 Å². The number of carboxylic acids is 1. The van der Waals surface area contributed by atoms with Crippen LogP contribution in [0, 0.1) is 0 Å². The Balaban J connectivity index is 1.72. The van der Waals surface area contributed by atoms with Crippen LogP contribution >= 0.6 is 11.6 Å². The van der Waals surface area contributed by atoms with Crippen LogP contribution in [-0.2, 0) is 5.41 Å². The van der Waals surface area contributed by atoms with Gasteiger partial charge in [-0.15, -0.1) is 0 Å². The van der Waals surface area contributed by atoms with E-state index in [9.17, 15) is 4.79 Å². The summed E-state index contributed by atoms with van der Waals surface area (Å²) in [5.74, 6) is -0.982. The molecule has 3 aromatic carbocycles. The van der Waals surface area contributed by atoms with Gasteiger partial charge in [0.2, 0.25) is 0 Å². The van der Waals surface area contributed by atoms with Gasteiger partial charge in [0.05, 0.1) is 5.56 Å². The van der Waals surface area contributed by atoms with Crippen LogP contribution in [0.3, 0.4) is 0 Å². The Hall–Kier alpha value is -3.10. The van der Waals surface area contributed by atoms with Crippen molar-refractivity contribution in [2.75, 3.05) is 0 Å². The molecule has 4 rings (SSSR count). The van der Waals surface area contributed by atoms with Crippen molar-refractivity contribution in [2.24, 2.45) is 0 Å². The highest BCUT2D eigenvalue weighted by Gasteiger charge is 2.28. The molecule has 0 saturated heterocycles. The number of hydrogen-bond donors (Lipinski definition) is 1. The number of halogens is 1. The fourth-order valence-electron chi connectivity index (χ4n) is 3.93. The predicted octanol–water partition coefficient (Wildman–Crippen LogP) is 7.32. The van der Waals surface area contributed by atoms with Crippen LogP contribution in [0.2, 0.25) is 5.02 Å². The lowest BCUT2D eigenvalue weighted by Gasteiger charge is -2.32. The van der Waals surface area contributed by atoms with Gasteiger partial charge in [-0.05, 0) is 63.4 Å². The quantitative estimate of drug-likeness (QED) is 0.454. The lowest BCUT2D eigenvalue weighted by molar-refractivity contribution is 0.0697. The summed E-state index contributed by atoms with van der Waals surface area (Å²) in [5.41, 5.74) is 7.24. The van der Waals surface area contributed by atoms with Crippen LogP contribution in [0.25, 0.3) is 17.7 Å². The SMILES string of the molecule is CC1(C)CC=C(c2ccccc2)c2cc(/C=C/c3ccc(C(=O)O)cc3Cl)ccc21. The van der Waals surface area contributed by atoms with Gasteiger partial charge in [-0.25, -0.2) is 4.79 Å². The summed E-state index contributed by atoms with van der Waals surface area (Å²) in [6, 6.07) is 21.9. The molecule has 0 amide bonds. The highest BCUT2D eigenvalue weighted by Crippen LogP contribution is 2.41. The van der Waals surface area contributed by atoms with Gasteiger partial charge in [0.15, 0.2) is 0 Å². The standard InChI is InChI=1S/C27H23ClO2/c1-27(2)15-14-22(19-6-4-3-5-7-19)23-16-18(9-13-24(23)27)8-10-20-11-12-21(26(29)30)17-25(20)28/h3-14,16-17H,15H2,1-2H3,(H,29,30)/b10-8+. The van der Waals surface area contributed by atoms with E-state index in [0.717, 1.165) is 17.5 Å². The van der Waals surface area contributed by atoms with Crippen LogP contribution in [0.4, 0.5) is 0 Å². The molecule has 30 heavy (non-hydrogen) atoms. The van der Waals surface area contributed by atoms with Crippen LogP contribution in [-0.4, -0.2) is 11.1 Å². The second-order valence-electron chi connectivity index (χ2n) is 8.25. The highest BCUT2D eigenvalue weighted by molar-refractivity contribution is 6.32. The minimum absolute atomic E-state index is 0.0891. The number of fused-ring (bicyclic) bond motifs is 1. The molecular weight excluding hydrogens is 392 g/mol. The molecular formula is C27H23ClO2. The third-order valence-corrected chi connectivity index (χ3v) is 5.99. The third kappa shape index (κ3) is 3.96. The Kier molecular flexibility index (Phi) is 5.36. The molecule has 0 saturated carbocycles. The molecule has 0 atom stereocenters. The minimum atomic E-state index is -0.982. The van der Waals surface area contributed by atoms with E-state index >= 15 is 0 Å². The van der Waals surface area contributed by atoms with Crippen LogP contribution in [0.1, 0.15) is 58.4 Å². The van der Waals surface area contributed by atoms with E-state index < -0.39 is 5.97 Å². The van der Waals surface area contributed by atoms with Crippen molar-refractivity contribution in [1.29, 1.82) is 0 Å². The molecule has 3 heteroatoms. The first-order valence-electron chi connectivity index (χ1n) is 9.96. The number of carbonyl (C=O) groups is 1. The predicted molar refractivity (Wildman–Crippen MR) is 125 cm³/mol. The van der Waals surface area contributed by atoms with Gasteiger partial charge in [0.25, 0.3) is 0 Å². The van der Waals surface area contributed by atoms with E-state index in [1.807, 2.05) is 18.2 Å². The fourth-order valence-corrected chi connectivity index (χ4v) is 4.17. The molecule has 2 nitrogen and oxygen atoms in total. The van der Waals surface area contributed by atoms with Crippen molar-refractivity contribution < 1.29 is 9.90 Å². The summed E-state index contributed by atoms with van der Waals surface area (Å²) < 4.78 is 0. The van der Waals surface area contributed by atoms with Gasteiger partial charge in [0.1, 0.15) is 0 Å². The summed E-state index contributed by atoms with van der Waals surface area (Å²) in [6.07, 6.45) is 7.29. The number of aromatic carboxylic acids is 1. The van der Waals surface area contributed by atoms with Crippen molar-refractivity contribution in [3.63, 3.8) is 0 Å². The monoisotopic (exact) mass is 414 g/mol. The smallest absolute Gasteiger partial charge is 0.335 e. The molecule has 0 bridgehead atoms. The van der Waals surface area contributed by atoms with E-state index in [1.165, 1.54) is 28.3 Å². The van der Waals surface area contributed by atoms with E-state index in [4.69, 9.17) is 16.7 Å². The van der Waals surface area contributed by atoms with E-state index in [0.29, 0.717) is 5.02 Å². The van der Waals surface area contributed by atoms with Gasteiger partial charge in [-0.2, -0.15) is 0 Å². The molecule has 0 heterocycles. The van der Waals surface area contributed by atoms with Crippen molar-refractivity contribution in [3.05, 3.63) is 111 Å². The maximum Gasteiger partial charge on any atom is 0.335 e. The Bertz CT molecular complexity index is 1170. The second-order valence-corrected chi connectivity index (χ2v) is 8.66. The van der Waals surface area contributed by atoms with Crippen LogP contribution in [0.15, 0.2) is 72.8 Å². The third-order valence-electron chi connectivity index (χ3n) is 5.67. The normalized spacial score (nSPS) is 15.0. The molecule has 0 aromatic heterocycles. The molecule has 0 unspecified atom stereocenters. The van der Waals surface area contributed by atoms with Crippen molar-refractivity contribution in [1.82, 2.24) is 0 Å². The first kappa shape index (κ1) is 20.2. The molecule has 1 N–H and O–H groups in total. The first-order chi connectivity index (χ1) is 14.3. The van der Waals surface area contributed by atoms with Crippen molar-refractivity contribution in [2.45, 2.75) is 25.7 Å². The molecule has 1 aliphatic rings. The topological polar surface area (TPSA) is 37.3 Å². The Morgan fingerprint density at radius 1 is 1.00 bits per heavy atom. The summed E-state index contributed by atoms with van der Waals surface area (Å²) in [6.45, 7) is 4.56. The maximum absolute atomic E-state index is 11.1. The van der Waals surface area contributed by atoms with E-state index in [-0.39, 0.29) is 11.0 Å². The number of hydrogen-bond acceptors (Lipinski definition) is 1. The first-order valence-corrected chi connectivity index (χ1v) is 10.3. The summed E-state index contributed by atoms with van der Waals surface area (Å²) in [5, 5.41) is 9.53. The maximum atomic E-state index is 11.1. The van der Waals surface area contributed by atoms with Gasteiger partial charge >= 0.3 is 5.97 Å². The fraction of sp³-hybridized carbons (Fsp3) is 0.148. The lowest BCUT2D eigenvalue weighted by Crippen LogP contribution is -2.21. The largest absolute Gasteiger partial charge is 0.478 e. The molecule has 150 valence electrons. The van der Waals surface area contributed by atoms with Crippen molar-refractivity contribution in [3.8, 4) is 0 Å².